The number of hydrogen-bond donors (Lipinski definition) is 0. The summed E-state index contributed by atoms with van der Waals surface area (Å²) in [6.07, 6.45) is 13.9. The van der Waals surface area contributed by atoms with Crippen molar-refractivity contribution in [2.75, 3.05) is 6.61 Å². The second-order valence-electron chi connectivity index (χ2n) is 3.69. The predicted octanol–water partition coefficient (Wildman–Crippen LogP) is 6.52. The van der Waals surface area contributed by atoms with Crippen molar-refractivity contribution in [3.05, 3.63) is 85.1 Å². The SMILES string of the molecule is C=C\C=C/C(=C\C=C)C(=C/C)/C(=C\C=C)C(=O)OCC.CC.CC. The van der Waals surface area contributed by atoms with Crippen LogP contribution in [0.25, 0.3) is 0 Å². The summed E-state index contributed by atoms with van der Waals surface area (Å²) in [7, 11) is 0. The van der Waals surface area contributed by atoms with Gasteiger partial charge in [-0.2, -0.15) is 0 Å². The van der Waals surface area contributed by atoms with Crippen LogP contribution in [0.4, 0.5) is 0 Å². The fourth-order valence-corrected chi connectivity index (χ4v) is 1.61. The topological polar surface area (TPSA) is 26.3 Å². The van der Waals surface area contributed by atoms with Crippen LogP contribution < -0.4 is 0 Å². The molecule has 0 aliphatic heterocycles. The summed E-state index contributed by atoms with van der Waals surface area (Å²) in [4.78, 5) is 12.0. The van der Waals surface area contributed by atoms with Gasteiger partial charge in [0, 0.05) is 0 Å². The minimum atomic E-state index is -0.373. The van der Waals surface area contributed by atoms with Crippen molar-refractivity contribution in [3.8, 4) is 0 Å². The van der Waals surface area contributed by atoms with E-state index < -0.39 is 0 Å². The molecule has 0 amide bonds. The summed E-state index contributed by atoms with van der Waals surface area (Å²) in [6, 6.07) is 0. The summed E-state index contributed by atoms with van der Waals surface area (Å²) in [6.45, 7) is 22.9. The van der Waals surface area contributed by atoms with Gasteiger partial charge >= 0.3 is 5.97 Å². The third-order valence-corrected chi connectivity index (χ3v) is 2.38. The van der Waals surface area contributed by atoms with Gasteiger partial charge < -0.3 is 4.74 Å². The lowest BCUT2D eigenvalue weighted by Gasteiger charge is -2.12. The molecule has 0 atom stereocenters. The minimum absolute atomic E-state index is 0.327. The van der Waals surface area contributed by atoms with Gasteiger partial charge in [-0.1, -0.05) is 90.0 Å². The highest BCUT2D eigenvalue weighted by Crippen LogP contribution is 2.22. The molecule has 0 radical (unpaired) electrons. The van der Waals surface area contributed by atoms with Gasteiger partial charge in [0.05, 0.1) is 12.2 Å². The smallest absolute Gasteiger partial charge is 0.338 e. The number of ether oxygens (including phenoxy) is 1. The molecule has 0 spiro atoms. The first kappa shape index (κ1) is 26.5. The number of carbonyl (C=O) groups excluding carboxylic acids is 1. The number of carbonyl (C=O) groups is 1. The summed E-state index contributed by atoms with van der Waals surface area (Å²) in [5.41, 5.74) is 2.08. The van der Waals surface area contributed by atoms with E-state index in [0.29, 0.717) is 12.2 Å². The zero-order chi connectivity index (χ0) is 19.4. The largest absolute Gasteiger partial charge is 0.462 e. The average Bonchev–Trinajstić information content (AvgIpc) is 2.63. The standard InChI is InChI=1S/C18H22O2.2C2H6/c1-6-11-14-15(12-7-2)16(9-4)17(13-8-3)18(19)20-10-5;2*1-2/h6-9,11-14H,1-3,10H2,4-5H3;2*1-2H3/b14-11-,15-12+,16-9-,17-13+;;. The zero-order valence-corrected chi connectivity index (χ0v) is 16.3. The average molecular weight is 331 g/mol. The summed E-state index contributed by atoms with van der Waals surface area (Å²) in [5.74, 6) is -0.373. The van der Waals surface area contributed by atoms with Crippen LogP contribution in [0.1, 0.15) is 41.5 Å². The van der Waals surface area contributed by atoms with Crippen LogP contribution in [-0.4, -0.2) is 12.6 Å². The van der Waals surface area contributed by atoms with Crippen molar-refractivity contribution < 1.29 is 9.53 Å². The molecular formula is C22H34O2. The second kappa shape index (κ2) is 20.6. The van der Waals surface area contributed by atoms with Crippen LogP contribution in [-0.2, 0) is 9.53 Å². The fourth-order valence-electron chi connectivity index (χ4n) is 1.61. The molecular weight excluding hydrogens is 296 g/mol. The monoisotopic (exact) mass is 330 g/mol. The van der Waals surface area contributed by atoms with Crippen molar-refractivity contribution in [3.63, 3.8) is 0 Å². The third kappa shape index (κ3) is 11.2. The Bertz CT molecular complexity index is 486. The lowest BCUT2D eigenvalue weighted by molar-refractivity contribution is -0.138. The van der Waals surface area contributed by atoms with Gasteiger partial charge in [0.25, 0.3) is 0 Å². The Labute approximate surface area is 149 Å². The maximum atomic E-state index is 12.0. The van der Waals surface area contributed by atoms with E-state index >= 15 is 0 Å². The highest BCUT2D eigenvalue weighted by molar-refractivity contribution is 5.95. The van der Waals surface area contributed by atoms with Crippen molar-refractivity contribution in [1.29, 1.82) is 0 Å². The molecule has 0 aromatic rings. The van der Waals surface area contributed by atoms with E-state index in [9.17, 15) is 4.79 Å². The van der Waals surface area contributed by atoms with E-state index in [2.05, 4.69) is 19.7 Å². The van der Waals surface area contributed by atoms with Crippen LogP contribution >= 0.6 is 0 Å². The van der Waals surface area contributed by atoms with Gasteiger partial charge in [0.15, 0.2) is 0 Å². The van der Waals surface area contributed by atoms with Gasteiger partial charge in [-0.25, -0.2) is 4.79 Å². The van der Waals surface area contributed by atoms with Crippen molar-refractivity contribution >= 4 is 5.97 Å². The number of allylic oxidation sites excluding steroid dienone is 9. The Morgan fingerprint density at radius 1 is 0.917 bits per heavy atom. The molecule has 0 aromatic heterocycles. The number of rotatable bonds is 8. The molecule has 0 N–H and O–H groups in total. The molecule has 0 heterocycles. The lowest BCUT2D eigenvalue weighted by atomic mass is 9.96. The normalized spacial score (nSPS) is 11.5. The summed E-state index contributed by atoms with van der Waals surface area (Å²) < 4.78 is 5.08. The third-order valence-electron chi connectivity index (χ3n) is 2.38. The Morgan fingerprint density at radius 3 is 1.83 bits per heavy atom. The molecule has 2 heteroatoms. The molecule has 0 aliphatic rings. The Balaban J connectivity index is -0.00000102. The van der Waals surface area contributed by atoms with E-state index in [1.807, 2.05) is 52.8 Å². The molecule has 0 fully saturated rings. The Hall–Kier alpha value is -2.35. The number of esters is 1. The first-order chi connectivity index (χ1) is 11.7. The van der Waals surface area contributed by atoms with E-state index in [0.717, 1.165) is 11.1 Å². The minimum Gasteiger partial charge on any atom is -0.462 e. The predicted molar refractivity (Wildman–Crippen MR) is 109 cm³/mol. The van der Waals surface area contributed by atoms with Crippen LogP contribution in [0.3, 0.4) is 0 Å². The molecule has 0 unspecified atom stereocenters. The first-order valence-corrected chi connectivity index (χ1v) is 8.44. The molecule has 0 aromatic carbocycles. The zero-order valence-electron chi connectivity index (χ0n) is 16.3. The molecule has 24 heavy (non-hydrogen) atoms. The van der Waals surface area contributed by atoms with E-state index in [1.54, 1.807) is 37.3 Å². The van der Waals surface area contributed by atoms with Crippen LogP contribution in [0.2, 0.25) is 0 Å². The van der Waals surface area contributed by atoms with Crippen LogP contribution in [0.15, 0.2) is 85.1 Å². The quantitative estimate of drug-likeness (QED) is 0.288. The first-order valence-electron chi connectivity index (χ1n) is 8.44. The fraction of sp³-hybridized carbons (Fsp3) is 0.318. The number of hydrogen-bond acceptors (Lipinski definition) is 2. The van der Waals surface area contributed by atoms with Gasteiger partial charge in [0.2, 0.25) is 0 Å². The molecule has 0 saturated heterocycles. The Morgan fingerprint density at radius 2 is 1.46 bits per heavy atom. The maximum absolute atomic E-state index is 12.0. The summed E-state index contributed by atoms with van der Waals surface area (Å²) >= 11 is 0. The van der Waals surface area contributed by atoms with Gasteiger partial charge in [0.1, 0.15) is 0 Å². The highest BCUT2D eigenvalue weighted by Gasteiger charge is 2.16. The van der Waals surface area contributed by atoms with Gasteiger partial charge in [-0.3, -0.25) is 0 Å². The lowest BCUT2D eigenvalue weighted by Crippen LogP contribution is -2.10. The van der Waals surface area contributed by atoms with Crippen LogP contribution in [0, 0.1) is 0 Å². The van der Waals surface area contributed by atoms with E-state index in [4.69, 9.17) is 4.74 Å². The van der Waals surface area contributed by atoms with E-state index in [1.165, 1.54) is 0 Å². The van der Waals surface area contributed by atoms with Crippen molar-refractivity contribution in [2.45, 2.75) is 41.5 Å². The molecule has 0 rings (SSSR count). The van der Waals surface area contributed by atoms with Gasteiger partial charge in [-0.15, -0.1) is 0 Å². The molecule has 0 saturated carbocycles. The van der Waals surface area contributed by atoms with E-state index in [-0.39, 0.29) is 5.97 Å². The van der Waals surface area contributed by atoms with Gasteiger partial charge in [-0.05, 0) is 31.1 Å². The second-order valence-corrected chi connectivity index (χ2v) is 3.69. The van der Waals surface area contributed by atoms with Crippen molar-refractivity contribution in [1.82, 2.24) is 0 Å². The molecule has 134 valence electrons. The highest BCUT2D eigenvalue weighted by atomic mass is 16.5. The molecule has 2 nitrogen and oxygen atoms in total. The maximum Gasteiger partial charge on any atom is 0.338 e. The molecule has 0 bridgehead atoms. The van der Waals surface area contributed by atoms with Crippen molar-refractivity contribution in [2.24, 2.45) is 0 Å². The Kier molecular flexibility index (Phi) is 22.8. The molecule has 0 aliphatic carbocycles. The summed E-state index contributed by atoms with van der Waals surface area (Å²) in [5, 5.41) is 0. The van der Waals surface area contributed by atoms with Crippen LogP contribution in [0.5, 0.6) is 0 Å².